The van der Waals surface area contributed by atoms with Crippen molar-refractivity contribution in [2.75, 3.05) is 24.3 Å². The molecule has 1 saturated carbocycles. The molecule has 0 aliphatic heterocycles. The maximum absolute atomic E-state index is 12.3. The molecule has 4 rings (SSSR count). The molecule has 0 unspecified atom stereocenters. The van der Waals surface area contributed by atoms with E-state index in [-0.39, 0.29) is 5.91 Å². The Labute approximate surface area is 189 Å². The Kier molecular flexibility index (Phi) is 7.43. The van der Waals surface area contributed by atoms with Gasteiger partial charge in [0.15, 0.2) is 0 Å². The number of hydrogen-bond donors (Lipinski definition) is 2. The number of anilines is 2. The van der Waals surface area contributed by atoms with Gasteiger partial charge in [0.25, 0.3) is 0 Å². The van der Waals surface area contributed by atoms with Gasteiger partial charge in [-0.3, -0.25) is 4.79 Å². The van der Waals surface area contributed by atoms with Crippen LogP contribution < -0.4 is 15.5 Å². The molecule has 2 aromatic rings. The van der Waals surface area contributed by atoms with Crippen LogP contribution in [0.4, 0.5) is 11.8 Å². The number of nitrogens with one attached hydrogen (secondary N) is 2. The highest BCUT2D eigenvalue weighted by Crippen LogP contribution is 2.29. The van der Waals surface area contributed by atoms with E-state index in [2.05, 4.69) is 47.1 Å². The first-order chi connectivity index (χ1) is 15.1. The van der Waals surface area contributed by atoms with Crippen molar-refractivity contribution in [2.45, 2.75) is 82.7 Å². The van der Waals surface area contributed by atoms with Crippen molar-refractivity contribution in [3.63, 3.8) is 0 Å². The third kappa shape index (κ3) is 5.97. The Morgan fingerprint density at radius 2 is 1.90 bits per heavy atom. The van der Waals surface area contributed by atoms with Crippen molar-refractivity contribution >= 4 is 29.0 Å². The molecule has 2 aliphatic rings. The third-order valence-electron chi connectivity index (χ3n) is 6.42. The Morgan fingerprint density at radius 1 is 1.13 bits per heavy atom. The zero-order chi connectivity index (χ0) is 21.6. The second-order valence-corrected chi connectivity index (χ2v) is 10.1. The van der Waals surface area contributed by atoms with Crippen molar-refractivity contribution in [2.24, 2.45) is 0 Å². The molecule has 31 heavy (non-hydrogen) atoms. The Hall–Kier alpha value is -2.15. The molecule has 0 radical (unpaired) electrons. The number of carbonyl (C=O) groups is 1. The van der Waals surface area contributed by atoms with Gasteiger partial charge in [0, 0.05) is 43.0 Å². The molecule has 7 heteroatoms. The summed E-state index contributed by atoms with van der Waals surface area (Å²) in [7, 11) is 4.13. The van der Waals surface area contributed by atoms with E-state index in [9.17, 15) is 4.79 Å². The normalized spacial score (nSPS) is 20.7. The molecule has 2 aliphatic carbocycles. The molecule has 2 aromatic heterocycles. The van der Waals surface area contributed by atoms with Crippen LogP contribution in [0.1, 0.15) is 67.5 Å². The van der Waals surface area contributed by atoms with E-state index in [4.69, 9.17) is 9.97 Å². The molecule has 0 bridgehead atoms. The zero-order valence-corrected chi connectivity index (χ0v) is 19.6. The molecular formula is C24H35N5OS. The van der Waals surface area contributed by atoms with E-state index < -0.39 is 0 Å². The molecular weight excluding hydrogens is 406 g/mol. The molecule has 1 fully saturated rings. The molecule has 2 heterocycles. The van der Waals surface area contributed by atoms with Gasteiger partial charge in [0.05, 0.1) is 5.69 Å². The summed E-state index contributed by atoms with van der Waals surface area (Å²) in [6.45, 7) is 0. The highest BCUT2D eigenvalue weighted by molar-refractivity contribution is 7.09. The molecule has 168 valence electrons. The van der Waals surface area contributed by atoms with Crippen LogP contribution in [0.5, 0.6) is 0 Å². The van der Waals surface area contributed by atoms with Gasteiger partial charge in [-0.15, -0.1) is 11.3 Å². The SMILES string of the molecule is CN(C)c1nc(N[C@H]2CC[C@@H](NC(=O)CCCc3cccs3)CC2)nc2c1CCCC2. The molecule has 0 spiro atoms. The van der Waals surface area contributed by atoms with Gasteiger partial charge in [-0.05, 0) is 75.7 Å². The lowest BCUT2D eigenvalue weighted by Gasteiger charge is -2.30. The number of aromatic nitrogens is 2. The minimum atomic E-state index is 0.196. The van der Waals surface area contributed by atoms with Crippen molar-refractivity contribution in [3.8, 4) is 0 Å². The first-order valence-electron chi connectivity index (χ1n) is 11.7. The third-order valence-corrected chi connectivity index (χ3v) is 7.35. The van der Waals surface area contributed by atoms with Gasteiger partial charge < -0.3 is 15.5 Å². The van der Waals surface area contributed by atoms with Crippen LogP contribution in [-0.4, -0.2) is 42.1 Å². The van der Waals surface area contributed by atoms with E-state index in [1.54, 1.807) is 11.3 Å². The monoisotopic (exact) mass is 441 g/mol. The maximum atomic E-state index is 12.3. The lowest BCUT2D eigenvalue weighted by molar-refractivity contribution is -0.122. The molecule has 1 amide bonds. The number of carbonyl (C=O) groups excluding carboxylic acids is 1. The van der Waals surface area contributed by atoms with Gasteiger partial charge >= 0.3 is 0 Å². The Balaban J connectivity index is 1.24. The summed E-state index contributed by atoms with van der Waals surface area (Å²) in [5, 5.41) is 8.93. The van der Waals surface area contributed by atoms with E-state index in [1.165, 1.54) is 29.0 Å². The fraction of sp³-hybridized carbons (Fsp3) is 0.625. The molecule has 0 saturated heterocycles. The fourth-order valence-electron chi connectivity index (χ4n) is 4.75. The number of aryl methyl sites for hydroxylation is 2. The first kappa shape index (κ1) is 22.1. The predicted molar refractivity (Wildman–Crippen MR) is 128 cm³/mol. The number of nitrogens with zero attached hydrogens (tertiary/aromatic N) is 3. The predicted octanol–water partition coefficient (Wildman–Crippen LogP) is 4.35. The summed E-state index contributed by atoms with van der Waals surface area (Å²) in [6.07, 6.45) is 11.2. The summed E-state index contributed by atoms with van der Waals surface area (Å²) in [5.74, 6) is 2.03. The second-order valence-electron chi connectivity index (χ2n) is 9.09. The Bertz CT molecular complexity index is 859. The molecule has 2 N–H and O–H groups in total. The largest absolute Gasteiger partial charge is 0.362 e. The van der Waals surface area contributed by atoms with Crippen LogP contribution >= 0.6 is 11.3 Å². The summed E-state index contributed by atoms with van der Waals surface area (Å²) < 4.78 is 0. The van der Waals surface area contributed by atoms with Gasteiger partial charge in [-0.1, -0.05) is 6.07 Å². The molecule has 6 nitrogen and oxygen atoms in total. The van der Waals surface area contributed by atoms with E-state index in [0.29, 0.717) is 18.5 Å². The minimum Gasteiger partial charge on any atom is -0.362 e. The Morgan fingerprint density at radius 3 is 2.65 bits per heavy atom. The van der Waals surface area contributed by atoms with Gasteiger partial charge in [0.1, 0.15) is 5.82 Å². The number of amides is 1. The van der Waals surface area contributed by atoms with Gasteiger partial charge in [0.2, 0.25) is 11.9 Å². The maximum Gasteiger partial charge on any atom is 0.225 e. The standard InChI is InChI=1S/C24H35N5OS/c1-29(2)23-20-9-3-4-10-21(20)27-24(28-23)26-18-14-12-17(13-15-18)25-22(30)11-5-7-19-8-6-16-31-19/h6,8,16-18H,3-5,7,9-15H2,1-2H3,(H,25,30)(H,26,27,28)/t17-,18+. The van der Waals surface area contributed by atoms with Crippen LogP contribution in [0, 0.1) is 0 Å². The van der Waals surface area contributed by atoms with E-state index in [1.807, 2.05) is 0 Å². The summed E-state index contributed by atoms with van der Waals surface area (Å²) >= 11 is 1.77. The van der Waals surface area contributed by atoms with Crippen LogP contribution in [-0.2, 0) is 24.1 Å². The van der Waals surface area contributed by atoms with Crippen molar-refractivity contribution < 1.29 is 4.79 Å². The van der Waals surface area contributed by atoms with Crippen LogP contribution in [0.25, 0.3) is 0 Å². The number of hydrogen-bond acceptors (Lipinski definition) is 6. The van der Waals surface area contributed by atoms with Crippen molar-refractivity contribution in [1.82, 2.24) is 15.3 Å². The first-order valence-corrected chi connectivity index (χ1v) is 12.6. The highest BCUT2D eigenvalue weighted by Gasteiger charge is 2.24. The highest BCUT2D eigenvalue weighted by atomic mass is 32.1. The smallest absolute Gasteiger partial charge is 0.225 e. The lowest BCUT2D eigenvalue weighted by atomic mass is 9.91. The number of fused-ring (bicyclic) bond motifs is 1. The van der Waals surface area contributed by atoms with Crippen LogP contribution in [0.3, 0.4) is 0 Å². The van der Waals surface area contributed by atoms with Gasteiger partial charge in [-0.2, -0.15) is 4.98 Å². The number of thiophene rings is 1. The van der Waals surface area contributed by atoms with Crippen LogP contribution in [0.2, 0.25) is 0 Å². The van der Waals surface area contributed by atoms with E-state index in [0.717, 1.165) is 63.1 Å². The van der Waals surface area contributed by atoms with E-state index >= 15 is 0 Å². The fourth-order valence-corrected chi connectivity index (χ4v) is 5.50. The summed E-state index contributed by atoms with van der Waals surface area (Å²) in [4.78, 5) is 25.5. The minimum absolute atomic E-state index is 0.196. The summed E-state index contributed by atoms with van der Waals surface area (Å²) in [6, 6.07) is 4.89. The summed E-state index contributed by atoms with van der Waals surface area (Å²) in [5.41, 5.74) is 2.54. The van der Waals surface area contributed by atoms with Crippen molar-refractivity contribution in [3.05, 3.63) is 33.6 Å². The van der Waals surface area contributed by atoms with Gasteiger partial charge in [-0.25, -0.2) is 4.98 Å². The second kappa shape index (κ2) is 10.4. The molecule has 0 atom stereocenters. The average molecular weight is 442 g/mol. The van der Waals surface area contributed by atoms with Crippen LogP contribution in [0.15, 0.2) is 17.5 Å². The molecule has 0 aromatic carbocycles. The number of rotatable bonds is 8. The lowest BCUT2D eigenvalue weighted by Crippen LogP contribution is -2.40. The quantitative estimate of drug-likeness (QED) is 0.637. The zero-order valence-electron chi connectivity index (χ0n) is 18.8. The van der Waals surface area contributed by atoms with Crippen molar-refractivity contribution in [1.29, 1.82) is 0 Å². The average Bonchev–Trinajstić information content (AvgIpc) is 3.28. The topological polar surface area (TPSA) is 70.2 Å².